The molecule has 4 N–H and O–H groups in total. The van der Waals surface area contributed by atoms with Crippen LogP contribution < -0.4 is 11.3 Å². The molecule has 1 saturated heterocycles. The number of carbonyl (C=O) groups is 2. The van der Waals surface area contributed by atoms with Gasteiger partial charge in [0.1, 0.15) is 13.3 Å². The molecule has 4 fully saturated rings. The van der Waals surface area contributed by atoms with Gasteiger partial charge in [-0.1, -0.05) is 38.8 Å². The number of hydrogen-bond acceptors (Lipinski definition) is 8. The van der Waals surface area contributed by atoms with Crippen molar-refractivity contribution in [2.75, 3.05) is 13.3 Å². The Morgan fingerprint density at radius 3 is 2.91 bits per heavy atom. The molecule has 1 aliphatic heterocycles. The highest BCUT2D eigenvalue weighted by Crippen LogP contribution is 2.69. The van der Waals surface area contributed by atoms with Gasteiger partial charge in [-0.2, -0.15) is 0 Å². The van der Waals surface area contributed by atoms with Crippen molar-refractivity contribution in [1.82, 2.24) is 5.43 Å². The van der Waals surface area contributed by atoms with Crippen molar-refractivity contribution in [2.45, 2.75) is 83.4 Å². The van der Waals surface area contributed by atoms with Crippen LogP contribution >= 0.6 is 0 Å². The number of Topliss-reactive ketones (excluding diaryl/α,β-unsaturated/α-hetero) is 1. The Balaban J connectivity index is 1.51. The molecule has 0 spiro atoms. The third-order valence-electron chi connectivity index (χ3n) is 9.65. The summed E-state index contributed by atoms with van der Waals surface area (Å²) in [6.07, 6.45) is 8.48. The maximum absolute atomic E-state index is 13.8. The van der Waals surface area contributed by atoms with E-state index in [-0.39, 0.29) is 54.2 Å². The molecular formula is C26H38N2O6. The van der Waals surface area contributed by atoms with Gasteiger partial charge in [-0.05, 0) is 56.1 Å². The molecule has 9 unspecified atom stereocenters. The summed E-state index contributed by atoms with van der Waals surface area (Å²) in [6, 6.07) is 0. The van der Waals surface area contributed by atoms with Crippen LogP contribution in [0.1, 0.15) is 59.3 Å². The van der Waals surface area contributed by atoms with E-state index in [4.69, 9.17) is 20.1 Å². The lowest BCUT2D eigenvalue weighted by Gasteiger charge is -2.59. The van der Waals surface area contributed by atoms with Gasteiger partial charge in [-0.25, -0.2) is 5.43 Å². The van der Waals surface area contributed by atoms with E-state index in [0.717, 1.165) is 37.7 Å². The zero-order valence-electron chi connectivity index (χ0n) is 20.4. The van der Waals surface area contributed by atoms with Crippen molar-refractivity contribution in [3.63, 3.8) is 0 Å². The van der Waals surface area contributed by atoms with Crippen LogP contribution in [0.25, 0.3) is 0 Å². The van der Waals surface area contributed by atoms with Crippen LogP contribution in [-0.2, 0) is 23.8 Å². The standard InChI is InChI=1S/C26H38N2O6/c1-4-5-22-33-21-11-18-17-7-6-15-10-16(29)8-9-24(15,2)23(17)19(30)12-25(18,3)26(21,34-22)20(31)13-32-14-28-27/h8-10,17-19,21-23,28,30H,4-7,11-14,27H2,1-3H3. The average Bonchev–Trinajstić information content (AvgIpc) is 3.26. The molecule has 5 rings (SSSR count). The summed E-state index contributed by atoms with van der Waals surface area (Å²) in [4.78, 5) is 25.8. The normalized spacial score (nSPS) is 47.0. The maximum atomic E-state index is 13.8. The average molecular weight is 475 g/mol. The number of nitrogens with one attached hydrogen (secondary N) is 1. The largest absolute Gasteiger partial charge is 0.393 e. The molecule has 1 heterocycles. The number of fused-ring (bicyclic) bond motifs is 7. The third-order valence-corrected chi connectivity index (χ3v) is 9.65. The Morgan fingerprint density at radius 1 is 1.38 bits per heavy atom. The molecule has 0 aromatic heterocycles. The van der Waals surface area contributed by atoms with E-state index in [0.29, 0.717) is 6.42 Å². The van der Waals surface area contributed by atoms with E-state index < -0.39 is 23.4 Å². The van der Waals surface area contributed by atoms with Gasteiger partial charge in [-0.3, -0.25) is 15.4 Å². The molecule has 4 aliphatic carbocycles. The zero-order valence-corrected chi connectivity index (χ0v) is 20.4. The van der Waals surface area contributed by atoms with Crippen LogP contribution in [0.5, 0.6) is 0 Å². The number of hydrazine groups is 1. The molecule has 9 atom stereocenters. The highest BCUT2D eigenvalue weighted by Gasteiger charge is 2.75. The van der Waals surface area contributed by atoms with Gasteiger partial charge in [0.15, 0.2) is 23.5 Å². The van der Waals surface area contributed by atoms with Crippen molar-refractivity contribution in [1.29, 1.82) is 0 Å². The Kier molecular flexibility index (Phi) is 6.15. The minimum atomic E-state index is -1.15. The summed E-state index contributed by atoms with van der Waals surface area (Å²) < 4.78 is 18.4. The first-order valence-electron chi connectivity index (χ1n) is 12.7. The highest BCUT2D eigenvalue weighted by atomic mass is 16.7. The molecule has 5 aliphatic rings. The molecule has 188 valence electrons. The number of hydrogen-bond donors (Lipinski definition) is 3. The first kappa shape index (κ1) is 24.3. The van der Waals surface area contributed by atoms with Crippen LogP contribution in [-0.4, -0.2) is 54.1 Å². The minimum Gasteiger partial charge on any atom is -0.393 e. The summed E-state index contributed by atoms with van der Waals surface area (Å²) in [6.45, 7) is 6.28. The van der Waals surface area contributed by atoms with Gasteiger partial charge in [0.2, 0.25) is 0 Å². The Morgan fingerprint density at radius 2 is 2.18 bits per heavy atom. The van der Waals surface area contributed by atoms with Crippen molar-refractivity contribution in [2.24, 2.45) is 34.4 Å². The fourth-order valence-electron chi connectivity index (χ4n) is 8.32. The zero-order chi connectivity index (χ0) is 24.3. The van der Waals surface area contributed by atoms with Gasteiger partial charge in [-0.15, -0.1) is 0 Å². The number of rotatable bonds is 7. The Labute approximate surface area is 201 Å². The first-order valence-corrected chi connectivity index (χ1v) is 12.7. The van der Waals surface area contributed by atoms with Crippen LogP contribution in [0.2, 0.25) is 0 Å². The number of ketones is 2. The SMILES string of the molecule is CCCC1OC2CC3C4CCC5=CC(=O)C=CC5(C)C4C(O)CC3(C)C2(C(=O)COCNN)O1. The van der Waals surface area contributed by atoms with Gasteiger partial charge in [0.05, 0.1) is 12.2 Å². The van der Waals surface area contributed by atoms with E-state index >= 15 is 0 Å². The van der Waals surface area contributed by atoms with Crippen molar-refractivity contribution in [3.8, 4) is 0 Å². The number of aliphatic hydroxyl groups excluding tert-OH is 1. The summed E-state index contributed by atoms with van der Waals surface area (Å²) in [7, 11) is 0. The highest BCUT2D eigenvalue weighted by molar-refractivity contribution is 6.01. The molecule has 8 heteroatoms. The number of nitrogens with two attached hydrogens (primary N) is 1. The van der Waals surface area contributed by atoms with Crippen molar-refractivity contribution in [3.05, 3.63) is 23.8 Å². The lowest BCUT2D eigenvalue weighted by atomic mass is 9.46. The topological polar surface area (TPSA) is 120 Å². The van der Waals surface area contributed by atoms with Gasteiger partial charge >= 0.3 is 0 Å². The lowest BCUT2D eigenvalue weighted by Crippen LogP contribution is -2.63. The van der Waals surface area contributed by atoms with Gasteiger partial charge in [0.25, 0.3) is 0 Å². The number of aliphatic hydroxyl groups is 1. The second-order valence-electron chi connectivity index (χ2n) is 11.3. The molecule has 0 aromatic rings. The molecule has 0 aromatic carbocycles. The summed E-state index contributed by atoms with van der Waals surface area (Å²) in [5.74, 6) is 5.57. The lowest BCUT2D eigenvalue weighted by molar-refractivity contribution is -0.201. The third kappa shape index (κ3) is 3.26. The molecule has 0 amide bonds. The van der Waals surface area contributed by atoms with Gasteiger partial charge in [0, 0.05) is 16.7 Å². The predicted molar refractivity (Wildman–Crippen MR) is 124 cm³/mol. The molecule has 0 bridgehead atoms. The first-order chi connectivity index (χ1) is 16.2. The maximum Gasteiger partial charge on any atom is 0.193 e. The summed E-state index contributed by atoms with van der Waals surface area (Å²) >= 11 is 0. The van der Waals surface area contributed by atoms with Crippen LogP contribution in [0.4, 0.5) is 0 Å². The van der Waals surface area contributed by atoms with Crippen LogP contribution in [0.3, 0.4) is 0 Å². The van der Waals surface area contributed by atoms with E-state index in [1.54, 1.807) is 12.2 Å². The van der Waals surface area contributed by atoms with Crippen molar-refractivity contribution >= 4 is 11.6 Å². The number of carbonyl (C=O) groups excluding carboxylic acids is 2. The second kappa shape index (κ2) is 8.61. The summed E-state index contributed by atoms with van der Waals surface area (Å²) in [5.41, 5.74) is 1.46. The fourth-order valence-corrected chi connectivity index (χ4v) is 8.32. The molecule has 0 radical (unpaired) electrons. The van der Waals surface area contributed by atoms with E-state index in [1.807, 2.05) is 6.08 Å². The van der Waals surface area contributed by atoms with E-state index in [1.165, 1.54) is 0 Å². The predicted octanol–water partition coefficient (Wildman–Crippen LogP) is 2.16. The summed E-state index contributed by atoms with van der Waals surface area (Å²) in [5, 5.41) is 11.7. The van der Waals surface area contributed by atoms with Crippen molar-refractivity contribution < 1.29 is 28.9 Å². The Bertz CT molecular complexity index is 919. The smallest absolute Gasteiger partial charge is 0.193 e. The quantitative estimate of drug-likeness (QED) is 0.222. The molecule has 34 heavy (non-hydrogen) atoms. The second-order valence-corrected chi connectivity index (χ2v) is 11.3. The molecule has 8 nitrogen and oxygen atoms in total. The monoisotopic (exact) mass is 474 g/mol. The van der Waals surface area contributed by atoms with E-state index in [9.17, 15) is 14.7 Å². The van der Waals surface area contributed by atoms with Crippen LogP contribution in [0, 0.1) is 28.6 Å². The van der Waals surface area contributed by atoms with Crippen LogP contribution in [0.15, 0.2) is 23.8 Å². The molecule has 3 saturated carbocycles. The fraction of sp³-hybridized carbons (Fsp3) is 0.769. The molecular weight excluding hydrogens is 436 g/mol. The number of allylic oxidation sites excluding steroid dienone is 4. The van der Waals surface area contributed by atoms with Gasteiger partial charge < -0.3 is 19.3 Å². The number of ether oxygens (including phenoxy) is 3. The van der Waals surface area contributed by atoms with E-state index in [2.05, 4.69) is 26.2 Å². The Hall–Kier alpha value is -1.42. The minimum absolute atomic E-state index is 0.00923.